The lowest BCUT2D eigenvalue weighted by molar-refractivity contribution is 0.272. The number of nitrogens with one attached hydrogen (secondary N) is 1. The first-order valence-electron chi connectivity index (χ1n) is 7.71. The first-order valence-corrected chi connectivity index (χ1v) is 8.51. The highest BCUT2D eigenvalue weighted by molar-refractivity contribution is 9.10. The van der Waals surface area contributed by atoms with Crippen molar-refractivity contribution in [3.05, 3.63) is 33.8 Å². The van der Waals surface area contributed by atoms with Crippen LogP contribution in [0.2, 0.25) is 0 Å². The zero-order chi connectivity index (χ0) is 13.7. The van der Waals surface area contributed by atoms with E-state index in [0.29, 0.717) is 6.04 Å². The van der Waals surface area contributed by atoms with E-state index in [-0.39, 0.29) is 0 Å². The van der Waals surface area contributed by atoms with E-state index in [1.165, 1.54) is 54.1 Å². The average Bonchev–Trinajstić information content (AvgIpc) is 2.44. The monoisotopic (exact) mass is 323 g/mol. The zero-order valence-corrected chi connectivity index (χ0v) is 13.8. The smallest absolute Gasteiger partial charge is 0.0348 e. The van der Waals surface area contributed by atoms with Gasteiger partial charge in [0.05, 0.1) is 0 Å². The van der Waals surface area contributed by atoms with Crippen LogP contribution >= 0.6 is 15.9 Å². The average molecular weight is 324 g/mol. The molecule has 0 amide bonds. The summed E-state index contributed by atoms with van der Waals surface area (Å²) in [6.45, 7) is 5.55. The normalized spacial score (nSPS) is 18.5. The lowest BCUT2D eigenvalue weighted by Crippen LogP contribution is -2.30. The van der Waals surface area contributed by atoms with Crippen LogP contribution in [0.5, 0.6) is 0 Å². The van der Waals surface area contributed by atoms with E-state index in [2.05, 4.69) is 53.3 Å². The van der Waals surface area contributed by atoms with Gasteiger partial charge >= 0.3 is 0 Å². The predicted octanol–water partition coefficient (Wildman–Crippen LogP) is 5.38. The molecule has 1 aliphatic rings. The standard InChI is InChI=1S/C17H26BrN/c1-3-11-19-17(14-7-5-4-6-8-14)15-9-10-16(18)13(2)12-15/h9-10,12,14,17,19H,3-8,11H2,1-2H3. The van der Waals surface area contributed by atoms with E-state index in [0.717, 1.165) is 12.5 Å². The number of rotatable bonds is 5. The Bertz CT molecular complexity index is 396. The second-order valence-electron chi connectivity index (χ2n) is 5.84. The largest absolute Gasteiger partial charge is 0.310 e. The minimum absolute atomic E-state index is 0.548. The molecule has 1 saturated carbocycles. The quantitative estimate of drug-likeness (QED) is 0.767. The van der Waals surface area contributed by atoms with Crippen LogP contribution in [0, 0.1) is 12.8 Å². The van der Waals surface area contributed by atoms with Gasteiger partial charge in [0.15, 0.2) is 0 Å². The van der Waals surface area contributed by atoms with Crippen LogP contribution in [0.1, 0.15) is 62.6 Å². The minimum atomic E-state index is 0.548. The number of aryl methyl sites for hydroxylation is 1. The molecular formula is C17H26BrN. The SMILES string of the molecule is CCCNC(c1ccc(Br)c(C)c1)C1CCCCC1. The molecule has 1 nitrogen and oxygen atoms in total. The van der Waals surface area contributed by atoms with Crippen molar-refractivity contribution in [1.29, 1.82) is 0 Å². The second-order valence-corrected chi connectivity index (χ2v) is 6.69. The first kappa shape index (κ1) is 15.1. The number of hydrogen-bond acceptors (Lipinski definition) is 1. The van der Waals surface area contributed by atoms with Crippen LogP contribution in [0.3, 0.4) is 0 Å². The molecule has 0 saturated heterocycles. The molecule has 2 heteroatoms. The molecule has 1 fully saturated rings. The summed E-state index contributed by atoms with van der Waals surface area (Å²) in [7, 11) is 0. The van der Waals surface area contributed by atoms with Crippen LogP contribution < -0.4 is 5.32 Å². The third-order valence-corrected chi connectivity index (χ3v) is 5.17. The Labute approximate surface area is 126 Å². The van der Waals surface area contributed by atoms with Gasteiger partial charge in [0.1, 0.15) is 0 Å². The molecule has 1 aromatic rings. The highest BCUT2D eigenvalue weighted by atomic mass is 79.9. The molecule has 2 rings (SSSR count). The molecule has 1 atom stereocenters. The van der Waals surface area contributed by atoms with Crippen LogP contribution in [0.25, 0.3) is 0 Å². The molecule has 0 bridgehead atoms. The second kappa shape index (κ2) is 7.44. The van der Waals surface area contributed by atoms with Crippen molar-refractivity contribution in [2.45, 2.75) is 58.4 Å². The minimum Gasteiger partial charge on any atom is -0.310 e. The molecule has 1 aromatic carbocycles. The Morgan fingerprint density at radius 3 is 2.63 bits per heavy atom. The molecule has 1 aliphatic carbocycles. The van der Waals surface area contributed by atoms with Crippen LogP contribution in [0.15, 0.2) is 22.7 Å². The molecule has 19 heavy (non-hydrogen) atoms. The lowest BCUT2D eigenvalue weighted by atomic mass is 9.81. The van der Waals surface area contributed by atoms with Gasteiger partial charge in [-0.05, 0) is 55.8 Å². The van der Waals surface area contributed by atoms with Gasteiger partial charge < -0.3 is 5.32 Å². The van der Waals surface area contributed by atoms with E-state index >= 15 is 0 Å². The van der Waals surface area contributed by atoms with Gasteiger partial charge in [0, 0.05) is 10.5 Å². The van der Waals surface area contributed by atoms with Crippen molar-refractivity contribution in [1.82, 2.24) is 5.32 Å². The van der Waals surface area contributed by atoms with Gasteiger partial charge in [0.25, 0.3) is 0 Å². The maximum Gasteiger partial charge on any atom is 0.0348 e. The van der Waals surface area contributed by atoms with Crippen molar-refractivity contribution in [3.63, 3.8) is 0 Å². The van der Waals surface area contributed by atoms with E-state index < -0.39 is 0 Å². The lowest BCUT2D eigenvalue weighted by Gasteiger charge is -2.31. The molecular weight excluding hydrogens is 298 g/mol. The Hall–Kier alpha value is -0.340. The van der Waals surface area contributed by atoms with Crippen LogP contribution in [-0.2, 0) is 0 Å². The third kappa shape index (κ3) is 4.06. The van der Waals surface area contributed by atoms with Gasteiger partial charge in [-0.15, -0.1) is 0 Å². The summed E-state index contributed by atoms with van der Waals surface area (Å²) in [6.07, 6.45) is 8.22. The van der Waals surface area contributed by atoms with Gasteiger partial charge in [0.2, 0.25) is 0 Å². The van der Waals surface area contributed by atoms with Crippen molar-refractivity contribution in [2.24, 2.45) is 5.92 Å². The Balaban J connectivity index is 2.17. The molecule has 0 aliphatic heterocycles. The summed E-state index contributed by atoms with van der Waals surface area (Å²) < 4.78 is 1.22. The van der Waals surface area contributed by atoms with Crippen molar-refractivity contribution in [2.75, 3.05) is 6.54 Å². The summed E-state index contributed by atoms with van der Waals surface area (Å²) in [5, 5.41) is 3.79. The fraction of sp³-hybridized carbons (Fsp3) is 0.647. The molecule has 106 valence electrons. The third-order valence-electron chi connectivity index (χ3n) is 4.28. The summed E-state index contributed by atoms with van der Waals surface area (Å²) in [5.74, 6) is 0.820. The van der Waals surface area contributed by atoms with Gasteiger partial charge in [-0.2, -0.15) is 0 Å². The maximum atomic E-state index is 3.79. The molecule has 0 spiro atoms. The summed E-state index contributed by atoms with van der Waals surface area (Å²) in [5.41, 5.74) is 2.82. The number of halogens is 1. The topological polar surface area (TPSA) is 12.0 Å². The zero-order valence-electron chi connectivity index (χ0n) is 12.2. The van der Waals surface area contributed by atoms with Gasteiger partial charge in [-0.1, -0.05) is 54.2 Å². The fourth-order valence-electron chi connectivity index (χ4n) is 3.19. The fourth-order valence-corrected chi connectivity index (χ4v) is 3.43. The Kier molecular flexibility index (Phi) is 5.90. The highest BCUT2D eigenvalue weighted by Crippen LogP contribution is 2.35. The van der Waals surface area contributed by atoms with Crippen molar-refractivity contribution < 1.29 is 0 Å². The van der Waals surface area contributed by atoms with E-state index in [1.54, 1.807) is 0 Å². The summed E-state index contributed by atoms with van der Waals surface area (Å²) in [6, 6.07) is 7.39. The Morgan fingerprint density at radius 1 is 1.26 bits per heavy atom. The maximum absolute atomic E-state index is 3.79. The van der Waals surface area contributed by atoms with Gasteiger partial charge in [-0.3, -0.25) is 0 Å². The molecule has 1 N–H and O–H groups in total. The number of hydrogen-bond donors (Lipinski definition) is 1. The van der Waals surface area contributed by atoms with E-state index in [9.17, 15) is 0 Å². The van der Waals surface area contributed by atoms with Crippen molar-refractivity contribution in [3.8, 4) is 0 Å². The van der Waals surface area contributed by atoms with Crippen LogP contribution in [0.4, 0.5) is 0 Å². The van der Waals surface area contributed by atoms with Crippen LogP contribution in [-0.4, -0.2) is 6.54 Å². The molecule has 0 radical (unpaired) electrons. The van der Waals surface area contributed by atoms with E-state index in [1.807, 2.05) is 0 Å². The molecule has 1 unspecified atom stereocenters. The molecule has 0 aromatic heterocycles. The van der Waals surface area contributed by atoms with E-state index in [4.69, 9.17) is 0 Å². The van der Waals surface area contributed by atoms with Gasteiger partial charge in [-0.25, -0.2) is 0 Å². The summed E-state index contributed by atoms with van der Waals surface area (Å²) in [4.78, 5) is 0. The number of benzene rings is 1. The van der Waals surface area contributed by atoms with Crippen molar-refractivity contribution >= 4 is 15.9 Å². The predicted molar refractivity (Wildman–Crippen MR) is 86.5 cm³/mol. The Morgan fingerprint density at radius 2 is 2.00 bits per heavy atom. The summed E-state index contributed by atoms with van der Waals surface area (Å²) >= 11 is 3.61. The molecule has 0 heterocycles. The first-order chi connectivity index (χ1) is 9.22. The highest BCUT2D eigenvalue weighted by Gasteiger charge is 2.24.